The standard InChI is InChI=1S/C14H10ClF2NO3/c1-8-2-3-10(18(19)20)6-13(8)21-14-11(16)4-9(7-15)5-12(14)17/h2-6H,7H2,1H3. The Hall–Kier alpha value is -2.21. The van der Waals surface area contributed by atoms with Crippen LogP contribution in [0.3, 0.4) is 0 Å². The number of nitro benzene ring substituents is 1. The molecule has 7 heteroatoms. The molecule has 0 aliphatic heterocycles. The van der Waals surface area contributed by atoms with E-state index in [1.807, 2.05) is 0 Å². The summed E-state index contributed by atoms with van der Waals surface area (Å²) in [6, 6.07) is 5.95. The van der Waals surface area contributed by atoms with Gasteiger partial charge in [-0.2, -0.15) is 0 Å². The van der Waals surface area contributed by atoms with E-state index in [4.69, 9.17) is 16.3 Å². The normalized spacial score (nSPS) is 10.5. The van der Waals surface area contributed by atoms with Crippen LogP contribution in [-0.4, -0.2) is 4.92 Å². The molecule has 0 aromatic heterocycles. The van der Waals surface area contributed by atoms with Crippen LogP contribution < -0.4 is 4.74 Å². The van der Waals surface area contributed by atoms with E-state index in [0.717, 1.165) is 18.2 Å². The van der Waals surface area contributed by atoms with Crippen molar-refractivity contribution >= 4 is 17.3 Å². The summed E-state index contributed by atoms with van der Waals surface area (Å²) in [7, 11) is 0. The van der Waals surface area contributed by atoms with Crippen molar-refractivity contribution in [3.05, 3.63) is 63.2 Å². The summed E-state index contributed by atoms with van der Waals surface area (Å²) in [5.41, 5.74) is 0.560. The Kier molecular flexibility index (Phi) is 4.37. The van der Waals surface area contributed by atoms with Gasteiger partial charge < -0.3 is 4.74 Å². The molecule has 0 atom stereocenters. The van der Waals surface area contributed by atoms with Crippen LogP contribution >= 0.6 is 11.6 Å². The van der Waals surface area contributed by atoms with Crippen molar-refractivity contribution in [2.75, 3.05) is 0 Å². The highest BCUT2D eigenvalue weighted by molar-refractivity contribution is 6.17. The third kappa shape index (κ3) is 3.28. The van der Waals surface area contributed by atoms with Gasteiger partial charge in [0, 0.05) is 11.9 Å². The van der Waals surface area contributed by atoms with Crippen LogP contribution in [-0.2, 0) is 5.88 Å². The maximum Gasteiger partial charge on any atom is 0.273 e. The molecule has 0 bridgehead atoms. The minimum atomic E-state index is -0.920. The topological polar surface area (TPSA) is 52.4 Å². The maximum atomic E-state index is 13.8. The molecule has 21 heavy (non-hydrogen) atoms. The number of hydrogen-bond donors (Lipinski definition) is 0. The van der Waals surface area contributed by atoms with Gasteiger partial charge in [-0.1, -0.05) is 0 Å². The fraction of sp³-hybridized carbons (Fsp3) is 0.143. The summed E-state index contributed by atoms with van der Waals surface area (Å²) in [5.74, 6) is -2.48. The van der Waals surface area contributed by atoms with Gasteiger partial charge in [0.15, 0.2) is 17.4 Å². The van der Waals surface area contributed by atoms with Crippen molar-refractivity contribution in [2.45, 2.75) is 12.8 Å². The van der Waals surface area contributed by atoms with E-state index in [9.17, 15) is 18.9 Å². The molecule has 4 nitrogen and oxygen atoms in total. The maximum absolute atomic E-state index is 13.8. The second kappa shape index (κ2) is 6.05. The molecule has 2 aromatic rings. The summed E-state index contributed by atoms with van der Waals surface area (Å²) in [6.45, 7) is 1.61. The predicted molar refractivity (Wildman–Crippen MR) is 73.8 cm³/mol. The average Bonchev–Trinajstić information content (AvgIpc) is 2.44. The lowest BCUT2D eigenvalue weighted by molar-refractivity contribution is -0.384. The molecule has 2 rings (SSSR count). The molecule has 0 fully saturated rings. The summed E-state index contributed by atoms with van der Waals surface area (Å²) in [4.78, 5) is 10.1. The van der Waals surface area contributed by atoms with Crippen LogP contribution in [0.2, 0.25) is 0 Å². The molecule has 0 saturated heterocycles. The van der Waals surface area contributed by atoms with Gasteiger partial charge in [-0.3, -0.25) is 10.1 Å². The second-order valence-corrected chi connectivity index (χ2v) is 4.60. The number of rotatable bonds is 4. The van der Waals surface area contributed by atoms with E-state index >= 15 is 0 Å². The Morgan fingerprint density at radius 3 is 2.38 bits per heavy atom. The fourth-order valence-electron chi connectivity index (χ4n) is 1.71. The molecule has 0 heterocycles. The van der Waals surface area contributed by atoms with Crippen LogP contribution in [0.1, 0.15) is 11.1 Å². The van der Waals surface area contributed by atoms with Crippen molar-refractivity contribution < 1.29 is 18.4 Å². The third-order valence-corrected chi connectivity index (χ3v) is 3.12. The van der Waals surface area contributed by atoms with E-state index in [0.29, 0.717) is 5.56 Å². The number of aryl methyl sites for hydroxylation is 1. The summed E-state index contributed by atoms with van der Waals surface area (Å²) in [6.07, 6.45) is 0. The van der Waals surface area contributed by atoms with E-state index in [1.54, 1.807) is 6.92 Å². The number of nitrogens with zero attached hydrogens (tertiary/aromatic N) is 1. The lowest BCUT2D eigenvalue weighted by Crippen LogP contribution is -1.97. The number of halogens is 3. The van der Waals surface area contributed by atoms with Crippen LogP contribution in [0.25, 0.3) is 0 Å². The predicted octanol–water partition coefficient (Wildman–Crippen LogP) is 4.71. The van der Waals surface area contributed by atoms with Crippen molar-refractivity contribution in [2.24, 2.45) is 0 Å². The molecule has 0 N–H and O–H groups in total. The number of hydrogen-bond acceptors (Lipinski definition) is 3. The zero-order valence-electron chi connectivity index (χ0n) is 10.9. The van der Waals surface area contributed by atoms with Crippen molar-refractivity contribution in [1.29, 1.82) is 0 Å². The molecule has 0 spiro atoms. The minimum Gasteiger partial charge on any atom is -0.451 e. The largest absolute Gasteiger partial charge is 0.451 e. The first-order valence-corrected chi connectivity index (χ1v) is 6.42. The zero-order valence-corrected chi connectivity index (χ0v) is 11.7. The second-order valence-electron chi connectivity index (χ2n) is 4.33. The van der Waals surface area contributed by atoms with Crippen molar-refractivity contribution in [3.8, 4) is 11.5 Å². The lowest BCUT2D eigenvalue weighted by atomic mass is 10.2. The molecule has 0 amide bonds. The monoisotopic (exact) mass is 313 g/mol. The first kappa shape index (κ1) is 15.2. The molecule has 0 unspecified atom stereocenters. The first-order valence-electron chi connectivity index (χ1n) is 5.89. The van der Waals surface area contributed by atoms with Gasteiger partial charge >= 0.3 is 0 Å². The van der Waals surface area contributed by atoms with Gasteiger partial charge in [-0.15, -0.1) is 11.6 Å². The molecular weight excluding hydrogens is 304 g/mol. The molecule has 0 aliphatic rings. The fourth-order valence-corrected chi connectivity index (χ4v) is 1.86. The molecule has 110 valence electrons. The third-order valence-electron chi connectivity index (χ3n) is 2.81. The van der Waals surface area contributed by atoms with Gasteiger partial charge in [0.2, 0.25) is 0 Å². The molecular formula is C14H10ClF2NO3. The van der Waals surface area contributed by atoms with E-state index < -0.39 is 22.3 Å². The summed E-state index contributed by atoms with van der Waals surface area (Å²) < 4.78 is 32.8. The van der Waals surface area contributed by atoms with Crippen LogP contribution in [0.15, 0.2) is 30.3 Å². The van der Waals surface area contributed by atoms with Gasteiger partial charge in [0.05, 0.1) is 11.0 Å². The summed E-state index contributed by atoms with van der Waals surface area (Å²) in [5, 5.41) is 10.7. The Morgan fingerprint density at radius 1 is 1.24 bits per heavy atom. The van der Waals surface area contributed by atoms with Crippen molar-refractivity contribution in [1.82, 2.24) is 0 Å². The minimum absolute atomic E-state index is 0.0145. The Balaban J connectivity index is 2.43. The van der Waals surface area contributed by atoms with Gasteiger partial charge in [-0.25, -0.2) is 8.78 Å². The molecule has 0 saturated carbocycles. The first-order chi connectivity index (χ1) is 9.92. The number of non-ortho nitro benzene ring substituents is 1. The van der Waals surface area contributed by atoms with Gasteiger partial charge in [0.1, 0.15) is 5.75 Å². The van der Waals surface area contributed by atoms with E-state index in [-0.39, 0.29) is 22.9 Å². The number of ether oxygens (including phenoxy) is 1. The number of benzene rings is 2. The Morgan fingerprint density at radius 2 is 1.86 bits per heavy atom. The average molecular weight is 314 g/mol. The smallest absolute Gasteiger partial charge is 0.273 e. The molecule has 2 aromatic carbocycles. The van der Waals surface area contributed by atoms with Crippen molar-refractivity contribution in [3.63, 3.8) is 0 Å². The highest BCUT2D eigenvalue weighted by atomic mass is 35.5. The molecule has 0 radical (unpaired) electrons. The SMILES string of the molecule is Cc1ccc([N+](=O)[O-])cc1Oc1c(F)cc(CCl)cc1F. The molecule has 0 aliphatic carbocycles. The zero-order chi connectivity index (χ0) is 15.6. The lowest BCUT2D eigenvalue weighted by Gasteiger charge is -2.11. The van der Waals surface area contributed by atoms with E-state index in [1.165, 1.54) is 12.1 Å². The number of alkyl halides is 1. The van der Waals surface area contributed by atoms with E-state index in [2.05, 4.69) is 0 Å². The van der Waals surface area contributed by atoms with Gasteiger partial charge in [0.25, 0.3) is 5.69 Å². The van der Waals surface area contributed by atoms with Gasteiger partial charge in [-0.05, 0) is 36.2 Å². The Bertz CT molecular complexity index is 684. The van der Waals surface area contributed by atoms with Crippen LogP contribution in [0.5, 0.6) is 11.5 Å². The van der Waals surface area contributed by atoms with Crippen LogP contribution in [0.4, 0.5) is 14.5 Å². The quantitative estimate of drug-likeness (QED) is 0.466. The summed E-state index contributed by atoms with van der Waals surface area (Å²) >= 11 is 5.52. The number of nitro groups is 1. The Labute approximate surface area is 124 Å². The highest BCUT2D eigenvalue weighted by Gasteiger charge is 2.16. The highest BCUT2D eigenvalue weighted by Crippen LogP contribution is 2.32. The van der Waals surface area contributed by atoms with Crippen LogP contribution in [0, 0.1) is 28.7 Å².